The van der Waals surface area contributed by atoms with Gasteiger partial charge in [-0.05, 0) is 50.1 Å². The molecule has 5 aromatic carbocycles. The van der Waals surface area contributed by atoms with Crippen molar-refractivity contribution in [3.05, 3.63) is 156 Å². The lowest BCUT2D eigenvalue weighted by Crippen LogP contribution is -2.04. The van der Waals surface area contributed by atoms with Crippen LogP contribution in [-0.2, 0) is 0 Å². The van der Waals surface area contributed by atoms with E-state index in [2.05, 4.69) is 99.6 Å². The molecule has 0 fully saturated rings. The van der Waals surface area contributed by atoms with E-state index in [1.54, 1.807) is 0 Å². The van der Waals surface area contributed by atoms with E-state index in [0.717, 1.165) is 55.9 Å². The Labute approximate surface area is 264 Å². The number of hydrogen-bond donors (Lipinski definition) is 0. The summed E-state index contributed by atoms with van der Waals surface area (Å²) in [5, 5.41) is 0. The van der Waals surface area contributed by atoms with Crippen molar-refractivity contribution in [1.82, 2.24) is 19.9 Å². The van der Waals surface area contributed by atoms with Gasteiger partial charge in [-0.2, -0.15) is 0 Å². The highest BCUT2D eigenvalue weighted by Gasteiger charge is 2.23. The van der Waals surface area contributed by atoms with E-state index >= 15 is 0 Å². The molecule has 7 rings (SSSR count). The molecule has 0 aliphatic rings. The van der Waals surface area contributed by atoms with E-state index in [9.17, 15) is 0 Å². The molecule has 216 valence electrons. The summed E-state index contributed by atoms with van der Waals surface area (Å²) in [4.78, 5) is 20.7. The van der Waals surface area contributed by atoms with Gasteiger partial charge in [-0.1, -0.05) is 138 Å². The third-order valence-electron chi connectivity index (χ3n) is 7.88. The van der Waals surface area contributed by atoms with E-state index in [1.807, 2.05) is 60.7 Å². The third-order valence-corrected chi connectivity index (χ3v) is 7.88. The highest BCUT2D eigenvalue weighted by atomic mass is 15.0. The summed E-state index contributed by atoms with van der Waals surface area (Å²) >= 11 is 0. The number of aromatic nitrogens is 4. The predicted octanol–water partition coefficient (Wildman–Crippen LogP) is 10.2. The van der Waals surface area contributed by atoms with Crippen LogP contribution in [-0.4, -0.2) is 19.9 Å². The fourth-order valence-corrected chi connectivity index (χ4v) is 5.69. The van der Waals surface area contributed by atoms with E-state index in [0.29, 0.717) is 17.5 Å². The fraction of sp³-hybridized carbons (Fsp3) is 0.0732. The molecular weight excluding hydrogens is 548 g/mol. The Hall–Kier alpha value is -5.74. The van der Waals surface area contributed by atoms with Gasteiger partial charge in [0.15, 0.2) is 17.5 Å². The molecule has 0 N–H and O–H groups in total. The topological polar surface area (TPSA) is 51.6 Å². The van der Waals surface area contributed by atoms with Gasteiger partial charge in [-0.3, -0.25) is 0 Å². The molecule has 4 heteroatoms. The molecule has 0 radical (unpaired) electrons. The molecule has 2 aromatic heterocycles. The summed E-state index contributed by atoms with van der Waals surface area (Å²) in [5.41, 5.74) is 12.2. The molecule has 2 heterocycles. The summed E-state index contributed by atoms with van der Waals surface area (Å²) in [5.74, 6) is 1.82. The number of pyridine rings is 1. The van der Waals surface area contributed by atoms with Crippen molar-refractivity contribution in [1.29, 1.82) is 0 Å². The lowest BCUT2D eigenvalue weighted by molar-refractivity contribution is 1.07. The Morgan fingerprint density at radius 2 is 0.800 bits per heavy atom. The average molecular weight is 581 g/mol. The van der Waals surface area contributed by atoms with Gasteiger partial charge < -0.3 is 0 Å². The van der Waals surface area contributed by atoms with Crippen molar-refractivity contribution < 1.29 is 0 Å². The maximum absolute atomic E-state index is 5.38. The monoisotopic (exact) mass is 580 g/mol. The summed E-state index contributed by atoms with van der Waals surface area (Å²) in [6.45, 7) is 6.35. The van der Waals surface area contributed by atoms with Crippen LogP contribution in [0.4, 0.5) is 0 Å². The number of benzene rings is 5. The van der Waals surface area contributed by atoms with Crippen molar-refractivity contribution in [3.8, 4) is 67.8 Å². The molecule has 0 aliphatic carbocycles. The summed E-state index contributed by atoms with van der Waals surface area (Å²) in [6.07, 6.45) is 0. The zero-order chi connectivity index (χ0) is 30.8. The van der Waals surface area contributed by atoms with E-state index in [-0.39, 0.29) is 0 Å². The predicted molar refractivity (Wildman–Crippen MR) is 184 cm³/mol. The maximum Gasteiger partial charge on any atom is 0.166 e. The Kier molecular flexibility index (Phi) is 7.54. The summed E-state index contributed by atoms with van der Waals surface area (Å²) in [7, 11) is 0. The van der Waals surface area contributed by atoms with Crippen molar-refractivity contribution in [2.75, 3.05) is 0 Å². The zero-order valence-corrected chi connectivity index (χ0v) is 25.6. The van der Waals surface area contributed by atoms with Crippen LogP contribution in [0.5, 0.6) is 0 Å². The molecule has 0 saturated carbocycles. The second-order valence-electron chi connectivity index (χ2n) is 11.4. The normalized spacial score (nSPS) is 11.0. The van der Waals surface area contributed by atoms with Gasteiger partial charge in [0.2, 0.25) is 0 Å². The number of hydrogen-bond acceptors (Lipinski definition) is 4. The Morgan fingerprint density at radius 1 is 0.356 bits per heavy atom. The van der Waals surface area contributed by atoms with Crippen LogP contribution in [0.25, 0.3) is 67.8 Å². The van der Waals surface area contributed by atoms with Crippen LogP contribution >= 0.6 is 0 Å². The first-order valence-electron chi connectivity index (χ1n) is 15.2. The standard InChI is InChI=1S/C41H32N4/c1-27-13-10-20-32(23-27)35-26-36(33-21-11-14-28(2)24-33)42-38(34-22-12-15-29(3)25-34)37(35)41-44-39(30-16-6-4-7-17-30)43-40(45-41)31-18-8-5-9-19-31/h4-26H,1-3H3. The number of nitrogens with zero attached hydrogens (tertiary/aromatic N) is 4. The lowest BCUT2D eigenvalue weighted by atomic mass is 9.92. The Morgan fingerprint density at radius 3 is 1.36 bits per heavy atom. The second-order valence-corrected chi connectivity index (χ2v) is 11.4. The molecule has 0 unspecified atom stereocenters. The highest BCUT2D eigenvalue weighted by molar-refractivity contribution is 5.93. The Bertz CT molecular complexity index is 2010. The minimum Gasteiger partial charge on any atom is -0.247 e. The first-order chi connectivity index (χ1) is 22.0. The van der Waals surface area contributed by atoms with E-state index < -0.39 is 0 Å². The largest absolute Gasteiger partial charge is 0.247 e. The van der Waals surface area contributed by atoms with Gasteiger partial charge in [0.05, 0.1) is 17.0 Å². The molecule has 45 heavy (non-hydrogen) atoms. The van der Waals surface area contributed by atoms with Gasteiger partial charge in [-0.15, -0.1) is 0 Å². The summed E-state index contributed by atoms with van der Waals surface area (Å²) < 4.78 is 0. The molecule has 0 spiro atoms. The van der Waals surface area contributed by atoms with Crippen LogP contribution in [0.2, 0.25) is 0 Å². The molecule has 7 aromatic rings. The van der Waals surface area contributed by atoms with Crippen LogP contribution < -0.4 is 0 Å². The average Bonchev–Trinajstić information content (AvgIpc) is 3.08. The lowest BCUT2D eigenvalue weighted by Gasteiger charge is -2.18. The minimum absolute atomic E-state index is 0.582. The minimum atomic E-state index is 0.582. The highest BCUT2D eigenvalue weighted by Crippen LogP contribution is 2.41. The van der Waals surface area contributed by atoms with Crippen LogP contribution in [0.1, 0.15) is 16.7 Å². The van der Waals surface area contributed by atoms with Gasteiger partial charge in [0.1, 0.15) is 0 Å². The van der Waals surface area contributed by atoms with Crippen LogP contribution in [0.15, 0.2) is 140 Å². The molecule has 0 bridgehead atoms. The molecular formula is C41H32N4. The molecule has 0 atom stereocenters. The zero-order valence-electron chi connectivity index (χ0n) is 25.6. The van der Waals surface area contributed by atoms with Crippen molar-refractivity contribution in [2.45, 2.75) is 20.8 Å². The van der Waals surface area contributed by atoms with Gasteiger partial charge in [0.25, 0.3) is 0 Å². The van der Waals surface area contributed by atoms with Crippen molar-refractivity contribution in [3.63, 3.8) is 0 Å². The fourth-order valence-electron chi connectivity index (χ4n) is 5.69. The Balaban J connectivity index is 1.60. The second kappa shape index (κ2) is 12.1. The van der Waals surface area contributed by atoms with Crippen molar-refractivity contribution >= 4 is 0 Å². The smallest absolute Gasteiger partial charge is 0.166 e. The molecule has 0 saturated heterocycles. The number of aryl methyl sites for hydroxylation is 3. The molecule has 0 aliphatic heterocycles. The van der Waals surface area contributed by atoms with E-state index in [4.69, 9.17) is 19.9 Å². The van der Waals surface area contributed by atoms with Gasteiger partial charge in [0, 0.05) is 22.3 Å². The van der Waals surface area contributed by atoms with E-state index in [1.165, 1.54) is 11.1 Å². The first-order valence-corrected chi connectivity index (χ1v) is 15.2. The third kappa shape index (κ3) is 5.91. The van der Waals surface area contributed by atoms with Crippen LogP contribution in [0, 0.1) is 20.8 Å². The SMILES string of the molecule is Cc1cccc(-c2cc(-c3cccc(C)c3)c(-c3nc(-c4ccccc4)nc(-c4ccccc4)n3)c(-c3cccc(C)c3)n2)c1. The maximum atomic E-state index is 5.38. The van der Waals surface area contributed by atoms with Crippen molar-refractivity contribution in [2.24, 2.45) is 0 Å². The van der Waals surface area contributed by atoms with Gasteiger partial charge >= 0.3 is 0 Å². The first kappa shape index (κ1) is 28.1. The van der Waals surface area contributed by atoms with Gasteiger partial charge in [-0.25, -0.2) is 19.9 Å². The quantitative estimate of drug-likeness (QED) is 0.196. The summed E-state index contributed by atoms with van der Waals surface area (Å²) in [6, 6.07) is 48.0. The molecule has 4 nitrogen and oxygen atoms in total. The van der Waals surface area contributed by atoms with Crippen LogP contribution in [0.3, 0.4) is 0 Å². The molecule has 0 amide bonds. The number of rotatable bonds is 6.